The third-order valence-corrected chi connectivity index (χ3v) is 5.72. The van der Waals surface area contributed by atoms with Gasteiger partial charge in [0.25, 0.3) is 0 Å². The molecule has 0 bridgehead atoms. The molecule has 0 spiro atoms. The van der Waals surface area contributed by atoms with E-state index < -0.39 is 17.6 Å². The van der Waals surface area contributed by atoms with Crippen molar-refractivity contribution < 1.29 is 18.3 Å². The molecule has 0 radical (unpaired) electrons. The molecule has 1 aliphatic rings. The predicted octanol–water partition coefficient (Wildman–Crippen LogP) is 7.43. The molecule has 2 aromatic rings. The second-order valence-corrected chi connectivity index (χ2v) is 7.95. The van der Waals surface area contributed by atoms with Gasteiger partial charge in [-0.2, -0.15) is 0 Å². The van der Waals surface area contributed by atoms with Gasteiger partial charge in [-0.25, -0.2) is 13.6 Å². The largest absolute Gasteiger partial charge is 0.423 e. The van der Waals surface area contributed by atoms with Crippen LogP contribution in [0.2, 0.25) is 0 Å². The van der Waals surface area contributed by atoms with Crippen LogP contribution in [0.4, 0.5) is 8.78 Å². The van der Waals surface area contributed by atoms with Gasteiger partial charge in [-0.15, -0.1) is 0 Å². The van der Waals surface area contributed by atoms with E-state index in [0.717, 1.165) is 24.8 Å². The van der Waals surface area contributed by atoms with Crippen LogP contribution in [0.3, 0.4) is 0 Å². The molecule has 0 atom stereocenters. The summed E-state index contributed by atoms with van der Waals surface area (Å²) in [5, 5.41) is 0. The molecule has 1 aliphatic carbocycles. The van der Waals surface area contributed by atoms with Crippen LogP contribution >= 0.6 is 0 Å². The van der Waals surface area contributed by atoms with Crippen molar-refractivity contribution in [3.8, 4) is 5.75 Å². The number of allylic oxidation sites excluding steroid dienone is 1. The van der Waals surface area contributed by atoms with Gasteiger partial charge in [-0.1, -0.05) is 37.5 Å². The first kappa shape index (κ1) is 21.2. The van der Waals surface area contributed by atoms with Gasteiger partial charge in [0.05, 0.1) is 5.56 Å². The summed E-state index contributed by atoms with van der Waals surface area (Å²) < 4.78 is 34.6. The molecule has 0 aliphatic heterocycles. The van der Waals surface area contributed by atoms with Crippen LogP contribution in [-0.2, 0) is 0 Å². The predicted molar refractivity (Wildman–Crippen MR) is 112 cm³/mol. The Balaban J connectivity index is 1.63. The van der Waals surface area contributed by atoms with E-state index in [1.807, 2.05) is 19.1 Å². The molecular weight excluding hydrogens is 370 g/mol. The highest BCUT2D eigenvalue weighted by molar-refractivity contribution is 5.91. The first-order valence-electron chi connectivity index (χ1n) is 10.4. The fraction of sp³-hybridized carbons (Fsp3) is 0.400. The van der Waals surface area contributed by atoms with Gasteiger partial charge in [-0.3, -0.25) is 0 Å². The van der Waals surface area contributed by atoms with Crippen LogP contribution in [0.1, 0.15) is 66.9 Å². The number of rotatable bonds is 6. The van der Waals surface area contributed by atoms with E-state index in [-0.39, 0.29) is 11.5 Å². The van der Waals surface area contributed by atoms with Crippen molar-refractivity contribution in [2.45, 2.75) is 52.4 Å². The minimum atomic E-state index is -0.805. The second kappa shape index (κ2) is 9.82. The summed E-state index contributed by atoms with van der Waals surface area (Å²) in [4.78, 5) is 12.2. The fourth-order valence-electron chi connectivity index (χ4n) is 3.95. The number of aryl methyl sites for hydroxylation is 1. The number of carbonyl (C=O) groups excluding carboxylic acids is 1. The van der Waals surface area contributed by atoms with E-state index in [0.29, 0.717) is 30.1 Å². The zero-order valence-electron chi connectivity index (χ0n) is 17.1. The molecule has 0 aromatic heterocycles. The van der Waals surface area contributed by atoms with Gasteiger partial charge < -0.3 is 4.74 Å². The highest BCUT2D eigenvalue weighted by atomic mass is 19.2. The monoisotopic (exact) mass is 398 g/mol. The summed E-state index contributed by atoms with van der Waals surface area (Å²) in [6.07, 6.45) is 5.65. The standard InChI is InChI=1S/C25H28F2O2/c1-3-4-18-7-11-19(12-8-18)23(26)24(27)20-13-15-22(16-14-20)29-25(28)21-9-5-17(2)6-10-21/h5-6,9-10,13-16,18-19H,3-4,7-8,11-12H2,1-2H3/b24-23+/t18-,19-. The Bertz CT molecular complexity index is 845. The van der Waals surface area contributed by atoms with Crippen LogP contribution in [0, 0.1) is 18.8 Å². The molecule has 1 fully saturated rings. The van der Waals surface area contributed by atoms with E-state index in [4.69, 9.17) is 4.74 Å². The van der Waals surface area contributed by atoms with Crippen molar-refractivity contribution in [3.63, 3.8) is 0 Å². The molecule has 1 saturated carbocycles. The number of carbonyl (C=O) groups is 1. The third kappa shape index (κ3) is 5.53. The summed E-state index contributed by atoms with van der Waals surface area (Å²) in [5.41, 5.74) is 1.66. The van der Waals surface area contributed by atoms with Gasteiger partial charge in [0.2, 0.25) is 0 Å². The SMILES string of the molecule is CCC[C@H]1CC[C@H](/C(F)=C(\F)c2ccc(OC(=O)c3ccc(C)cc3)cc2)CC1. The van der Waals surface area contributed by atoms with Crippen molar-refractivity contribution in [1.29, 1.82) is 0 Å². The lowest BCUT2D eigenvalue weighted by Gasteiger charge is -2.27. The Kier molecular flexibility index (Phi) is 7.18. The molecule has 0 amide bonds. The normalized spacial score (nSPS) is 20.1. The second-order valence-electron chi connectivity index (χ2n) is 7.95. The smallest absolute Gasteiger partial charge is 0.343 e. The lowest BCUT2D eigenvalue weighted by molar-refractivity contribution is 0.0734. The first-order valence-corrected chi connectivity index (χ1v) is 10.4. The molecule has 29 heavy (non-hydrogen) atoms. The Morgan fingerprint density at radius 3 is 2.10 bits per heavy atom. The summed E-state index contributed by atoms with van der Waals surface area (Å²) in [6.45, 7) is 4.10. The summed E-state index contributed by atoms with van der Waals surface area (Å²) >= 11 is 0. The van der Waals surface area contributed by atoms with Gasteiger partial charge in [-0.05, 0) is 74.9 Å². The number of halogens is 2. The van der Waals surface area contributed by atoms with Crippen molar-refractivity contribution in [1.82, 2.24) is 0 Å². The van der Waals surface area contributed by atoms with Crippen LogP contribution in [0.5, 0.6) is 5.75 Å². The van der Waals surface area contributed by atoms with Crippen molar-refractivity contribution >= 4 is 11.8 Å². The lowest BCUT2D eigenvalue weighted by atomic mass is 9.79. The quantitative estimate of drug-likeness (QED) is 0.374. The highest BCUT2D eigenvalue weighted by Gasteiger charge is 2.26. The number of esters is 1. The Hall–Kier alpha value is -2.49. The first-order chi connectivity index (χ1) is 14.0. The van der Waals surface area contributed by atoms with E-state index in [2.05, 4.69) is 6.92 Å². The van der Waals surface area contributed by atoms with Crippen LogP contribution < -0.4 is 4.74 Å². The number of ether oxygens (including phenoxy) is 1. The summed E-state index contributed by atoms with van der Waals surface area (Å²) in [7, 11) is 0. The van der Waals surface area contributed by atoms with Gasteiger partial charge in [0, 0.05) is 11.5 Å². The minimum absolute atomic E-state index is 0.174. The minimum Gasteiger partial charge on any atom is -0.423 e. The van der Waals surface area contributed by atoms with E-state index in [1.165, 1.54) is 30.7 Å². The van der Waals surface area contributed by atoms with Crippen LogP contribution in [-0.4, -0.2) is 5.97 Å². The lowest BCUT2D eigenvalue weighted by Crippen LogP contribution is -2.15. The van der Waals surface area contributed by atoms with E-state index in [9.17, 15) is 13.6 Å². The molecule has 2 aromatic carbocycles. The fourth-order valence-corrected chi connectivity index (χ4v) is 3.95. The molecule has 4 heteroatoms. The number of hydrogen-bond acceptors (Lipinski definition) is 2. The van der Waals surface area contributed by atoms with Crippen LogP contribution in [0.15, 0.2) is 54.4 Å². The van der Waals surface area contributed by atoms with Gasteiger partial charge in [0.15, 0.2) is 5.83 Å². The Labute approximate surface area is 171 Å². The van der Waals surface area contributed by atoms with Crippen molar-refractivity contribution in [2.75, 3.05) is 0 Å². The molecule has 3 rings (SSSR count). The van der Waals surface area contributed by atoms with E-state index in [1.54, 1.807) is 12.1 Å². The van der Waals surface area contributed by atoms with Crippen LogP contribution in [0.25, 0.3) is 5.83 Å². The van der Waals surface area contributed by atoms with Gasteiger partial charge in [0.1, 0.15) is 11.6 Å². The molecule has 0 unspecified atom stereocenters. The Morgan fingerprint density at radius 2 is 1.52 bits per heavy atom. The Morgan fingerprint density at radius 1 is 0.931 bits per heavy atom. The average molecular weight is 398 g/mol. The maximum atomic E-state index is 14.7. The molecule has 0 saturated heterocycles. The average Bonchev–Trinajstić information content (AvgIpc) is 2.74. The van der Waals surface area contributed by atoms with Gasteiger partial charge >= 0.3 is 5.97 Å². The number of benzene rings is 2. The molecule has 154 valence electrons. The maximum absolute atomic E-state index is 14.7. The third-order valence-electron chi connectivity index (χ3n) is 5.72. The molecule has 0 heterocycles. The topological polar surface area (TPSA) is 26.3 Å². The zero-order valence-corrected chi connectivity index (χ0v) is 17.1. The summed E-state index contributed by atoms with van der Waals surface area (Å²) in [5.74, 6) is -1.32. The highest BCUT2D eigenvalue weighted by Crippen LogP contribution is 2.39. The van der Waals surface area contributed by atoms with E-state index >= 15 is 0 Å². The molecule has 0 N–H and O–H groups in total. The maximum Gasteiger partial charge on any atom is 0.343 e. The summed E-state index contributed by atoms with van der Waals surface area (Å²) in [6, 6.07) is 12.9. The van der Waals surface area contributed by atoms with Crippen molar-refractivity contribution in [2.24, 2.45) is 11.8 Å². The molecular formula is C25H28F2O2. The van der Waals surface area contributed by atoms with Crippen molar-refractivity contribution in [3.05, 3.63) is 71.0 Å². The zero-order chi connectivity index (χ0) is 20.8. The molecule has 2 nitrogen and oxygen atoms in total. The number of hydrogen-bond donors (Lipinski definition) is 0.